The van der Waals surface area contributed by atoms with Crippen molar-refractivity contribution in [3.05, 3.63) is 11.6 Å². The van der Waals surface area contributed by atoms with E-state index in [1.54, 1.807) is 19.0 Å². The number of furan rings is 1. The maximum Gasteiger partial charge on any atom is 0.214 e. The van der Waals surface area contributed by atoms with Gasteiger partial charge in [0, 0.05) is 20.2 Å². The number of nitrogens with zero attached hydrogens (tertiary/aromatic N) is 3. The van der Waals surface area contributed by atoms with Crippen LogP contribution in [0.15, 0.2) is 10.5 Å². The molecular weight excluding hydrogens is 188 g/mol. The summed E-state index contributed by atoms with van der Waals surface area (Å²) in [6, 6.07) is 1.31. The summed E-state index contributed by atoms with van der Waals surface area (Å²) < 4.78 is 5.03. The molecule has 2 aliphatic rings. The fourth-order valence-corrected chi connectivity index (χ4v) is 1.35. The lowest BCUT2D eigenvalue weighted by Gasteiger charge is -2.10. The predicted molar refractivity (Wildman–Crippen MR) is 45.9 cm³/mol. The van der Waals surface area contributed by atoms with Crippen LogP contribution in [0.2, 0.25) is 0 Å². The van der Waals surface area contributed by atoms with Gasteiger partial charge in [-0.25, -0.2) is 0 Å². The highest BCUT2D eigenvalue weighted by atomic mass is 16.6. The standard InChI is InChI=1S/C7H10N4O3/c1-9(2)7-6-4(3-5(8)14-6)10(12)11(7)13/h3,8,12-13H,1-2H3. The molecule has 0 amide bonds. The van der Waals surface area contributed by atoms with Crippen LogP contribution in [0.3, 0.4) is 0 Å². The third kappa shape index (κ3) is 0.889. The summed E-state index contributed by atoms with van der Waals surface area (Å²) in [6.45, 7) is 0. The van der Waals surface area contributed by atoms with Crippen molar-refractivity contribution in [3.8, 4) is 11.5 Å². The lowest BCUT2D eigenvalue weighted by Crippen LogP contribution is -2.17. The second-order valence-corrected chi connectivity index (χ2v) is 3.12. The molecule has 7 heteroatoms. The van der Waals surface area contributed by atoms with Gasteiger partial charge < -0.3 is 19.7 Å². The van der Waals surface area contributed by atoms with Gasteiger partial charge in [0.25, 0.3) is 0 Å². The largest absolute Gasteiger partial charge is 0.433 e. The Morgan fingerprint density at radius 2 is 2.00 bits per heavy atom. The van der Waals surface area contributed by atoms with E-state index >= 15 is 0 Å². The number of fused-ring (bicyclic) bond motifs is 1. The van der Waals surface area contributed by atoms with Gasteiger partial charge in [0.05, 0.1) is 0 Å². The van der Waals surface area contributed by atoms with Gasteiger partial charge in [-0.1, -0.05) is 9.69 Å². The number of aromatic nitrogens is 2. The number of hydrogen-bond acceptors (Lipinski definition) is 5. The summed E-state index contributed by atoms with van der Waals surface area (Å²) in [7, 11) is 3.38. The van der Waals surface area contributed by atoms with Crippen LogP contribution in [0.5, 0.6) is 0 Å². The zero-order valence-electron chi connectivity index (χ0n) is 7.72. The summed E-state index contributed by atoms with van der Waals surface area (Å²) in [4.78, 5) is 2.64. The van der Waals surface area contributed by atoms with Crippen molar-refractivity contribution in [2.45, 2.75) is 0 Å². The molecule has 0 atom stereocenters. The summed E-state index contributed by atoms with van der Waals surface area (Å²) >= 11 is 0. The van der Waals surface area contributed by atoms with E-state index < -0.39 is 0 Å². The molecule has 14 heavy (non-hydrogen) atoms. The number of anilines is 1. The predicted octanol–water partition coefficient (Wildman–Crippen LogP) is 0.00747. The molecule has 0 spiro atoms. The first-order valence-electron chi connectivity index (χ1n) is 3.90. The zero-order valence-corrected chi connectivity index (χ0v) is 7.72. The summed E-state index contributed by atoms with van der Waals surface area (Å²) in [5.74, 6) is 0.547. The van der Waals surface area contributed by atoms with Crippen molar-refractivity contribution in [1.82, 2.24) is 9.69 Å². The summed E-state index contributed by atoms with van der Waals surface area (Å²) in [5.41, 5.74) is 0.183. The van der Waals surface area contributed by atoms with Crippen LogP contribution in [0.4, 0.5) is 5.82 Å². The van der Waals surface area contributed by atoms with Gasteiger partial charge in [-0.15, -0.1) is 0 Å². The molecule has 3 N–H and O–H groups in total. The number of hydrogen-bond donors (Lipinski definition) is 3. The Balaban J connectivity index is 2.82. The molecule has 2 rings (SSSR count). The Kier molecular flexibility index (Phi) is 1.51. The van der Waals surface area contributed by atoms with E-state index in [9.17, 15) is 10.4 Å². The van der Waals surface area contributed by atoms with Crippen molar-refractivity contribution in [1.29, 1.82) is 5.41 Å². The lowest BCUT2D eigenvalue weighted by atomic mass is 10.3. The molecule has 76 valence electrons. The van der Waals surface area contributed by atoms with E-state index in [-0.39, 0.29) is 22.8 Å². The highest BCUT2D eigenvalue weighted by Gasteiger charge is 2.26. The van der Waals surface area contributed by atoms with E-state index in [2.05, 4.69) is 0 Å². The maximum absolute atomic E-state index is 9.44. The normalized spacial score (nSPS) is 11.0. The van der Waals surface area contributed by atoms with E-state index in [1.165, 1.54) is 6.07 Å². The Bertz CT molecular complexity index is 492. The van der Waals surface area contributed by atoms with Crippen molar-refractivity contribution in [2.75, 3.05) is 19.0 Å². The van der Waals surface area contributed by atoms with Crippen LogP contribution < -0.4 is 10.5 Å². The third-order valence-electron chi connectivity index (χ3n) is 1.92. The molecule has 0 aromatic carbocycles. The van der Waals surface area contributed by atoms with Gasteiger partial charge in [0.15, 0.2) is 5.69 Å². The second-order valence-electron chi connectivity index (χ2n) is 3.12. The average molecular weight is 198 g/mol. The fraction of sp³-hybridized carbons (Fsp3) is 0.286. The van der Waals surface area contributed by atoms with Gasteiger partial charge in [-0.05, 0) is 0 Å². The molecule has 0 aliphatic carbocycles. The SMILES string of the molecule is CN(C)c1c2oc(=N)cc-2n(O)n1O. The highest BCUT2D eigenvalue weighted by molar-refractivity contribution is 5.69. The van der Waals surface area contributed by atoms with E-state index in [0.717, 1.165) is 0 Å². The van der Waals surface area contributed by atoms with Gasteiger partial charge in [0.2, 0.25) is 17.1 Å². The highest BCUT2D eigenvalue weighted by Crippen LogP contribution is 2.31. The first-order chi connectivity index (χ1) is 6.52. The Hall–Kier alpha value is -2.05. The first-order valence-corrected chi connectivity index (χ1v) is 3.90. The topological polar surface area (TPSA) is 90.5 Å². The smallest absolute Gasteiger partial charge is 0.214 e. The molecule has 0 fully saturated rings. The Labute approximate surface area is 78.8 Å². The molecule has 7 nitrogen and oxygen atoms in total. The molecule has 0 saturated carbocycles. The summed E-state index contributed by atoms with van der Waals surface area (Å²) in [6.07, 6.45) is 0. The molecule has 0 saturated heterocycles. The number of rotatable bonds is 1. The number of nitrogens with one attached hydrogen (secondary N) is 1. The molecule has 2 heterocycles. The van der Waals surface area contributed by atoms with Gasteiger partial charge >= 0.3 is 0 Å². The Morgan fingerprint density at radius 3 is 2.57 bits per heavy atom. The van der Waals surface area contributed by atoms with E-state index in [1.807, 2.05) is 0 Å². The van der Waals surface area contributed by atoms with Crippen LogP contribution in [0, 0.1) is 5.41 Å². The average Bonchev–Trinajstić information content (AvgIpc) is 2.53. The maximum atomic E-state index is 9.44. The summed E-state index contributed by atoms with van der Waals surface area (Å²) in [5, 5.41) is 26.1. The molecule has 2 aliphatic heterocycles. The van der Waals surface area contributed by atoms with Crippen LogP contribution in [-0.4, -0.2) is 34.2 Å². The molecule has 0 unspecified atom stereocenters. The van der Waals surface area contributed by atoms with Crippen LogP contribution in [-0.2, 0) is 0 Å². The monoisotopic (exact) mass is 198 g/mol. The molecule has 0 aromatic heterocycles. The van der Waals surface area contributed by atoms with Crippen molar-refractivity contribution in [3.63, 3.8) is 0 Å². The minimum Gasteiger partial charge on any atom is -0.433 e. The van der Waals surface area contributed by atoms with E-state index in [0.29, 0.717) is 9.69 Å². The van der Waals surface area contributed by atoms with Crippen LogP contribution in [0.1, 0.15) is 0 Å². The first kappa shape index (κ1) is 8.54. The second kappa shape index (κ2) is 2.47. The van der Waals surface area contributed by atoms with Crippen molar-refractivity contribution < 1.29 is 14.8 Å². The lowest BCUT2D eigenvalue weighted by molar-refractivity contribution is -0.00412. The third-order valence-corrected chi connectivity index (χ3v) is 1.92. The van der Waals surface area contributed by atoms with Gasteiger partial charge in [0.1, 0.15) is 0 Å². The van der Waals surface area contributed by atoms with E-state index in [4.69, 9.17) is 9.83 Å². The molecular formula is C7H10N4O3. The fourth-order valence-electron chi connectivity index (χ4n) is 1.35. The van der Waals surface area contributed by atoms with Gasteiger partial charge in [-0.2, -0.15) is 0 Å². The van der Waals surface area contributed by atoms with Crippen molar-refractivity contribution in [2.24, 2.45) is 0 Å². The van der Waals surface area contributed by atoms with Crippen molar-refractivity contribution >= 4 is 5.82 Å². The Morgan fingerprint density at radius 1 is 1.36 bits per heavy atom. The quantitative estimate of drug-likeness (QED) is 0.563. The minimum absolute atomic E-state index is 0.0681. The van der Waals surface area contributed by atoms with Crippen LogP contribution >= 0.6 is 0 Å². The van der Waals surface area contributed by atoms with Gasteiger partial charge in [-0.3, -0.25) is 5.41 Å². The zero-order chi connectivity index (χ0) is 10.5. The molecule has 0 bridgehead atoms. The molecule has 0 aromatic rings. The van der Waals surface area contributed by atoms with Crippen LogP contribution in [0.25, 0.3) is 11.5 Å². The minimum atomic E-state index is -0.0681. The molecule has 0 radical (unpaired) electrons.